The number of hydrogen-bond acceptors (Lipinski definition) is 5. The first kappa shape index (κ1) is 26.1. The van der Waals surface area contributed by atoms with Gasteiger partial charge in [0.1, 0.15) is 6.10 Å². The first-order valence-electron chi connectivity index (χ1n) is 15.2. The Morgan fingerprint density at radius 1 is 1.18 bits per heavy atom. The number of carbonyl (C=O) groups is 1. The molecule has 3 aliphatic carbocycles. The molecule has 3 fully saturated rings. The fourth-order valence-electron chi connectivity index (χ4n) is 8.53. The highest BCUT2D eigenvalue weighted by Gasteiger charge is 2.73. The van der Waals surface area contributed by atoms with Crippen LogP contribution in [0, 0.1) is 11.8 Å². The second-order valence-corrected chi connectivity index (χ2v) is 13.2. The Morgan fingerprint density at radius 3 is 2.70 bits per heavy atom. The van der Waals surface area contributed by atoms with Crippen LogP contribution in [0.3, 0.4) is 0 Å². The first-order chi connectivity index (χ1) is 19.4. The molecule has 2 aliphatic heterocycles. The molecule has 212 valence electrons. The highest BCUT2D eigenvalue weighted by atomic mass is 16.5. The molecule has 2 heterocycles. The standard InChI is InChI=1S/C34H42N2O4/c1-22(2)20-36(29(37)14-11-23-7-5-4-6-8-23)26-15-16-34(38)28-19-25-12-13-27(39-3)31-30(25)33(34,32(26)40-31)17-18-35(28)21-24-9-10-24/h4-8,11-14,22,24,26,28,32,38H,9-10,15-21H2,1-3H3/b14-11+/t26?,28-,32?,33+,34-/m1/s1. The Hall–Kier alpha value is -2.83. The summed E-state index contributed by atoms with van der Waals surface area (Å²) in [6, 6.07) is 14.2. The minimum absolute atomic E-state index is 0.00895. The number of hydrogen-bond donors (Lipinski definition) is 1. The molecule has 2 aromatic carbocycles. The van der Waals surface area contributed by atoms with Gasteiger partial charge in [-0.1, -0.05) is 50.2 Å². The number of piperidine rings is 1. The van der Waals surface area contributed by atoms with E-state index < -0.39 is 11.0 Å². The van der Waals surface area contributed by atoms with E-state index in [1.54, 1.807) is 13.2 Å². The van der Waals surface area contributed by atoms with Crippen molar-refractivity contribution in [2.24, 2.45) is 11.8 Å². The molecule has 0 aromatic heterocycles. The van der Waals surface area contributed by atoms with E-state index in [9.17, 15) is 9.90 Å². The van der Waals surface area contributed by atoms with Crippen LogP contribution in [0.5, 0.6) is 11.5 Å². The topological polar surface area (TPSA) is 62.2 Å². The van der Waals surface area contributed by atoms with Gasteiger partial charge in [-0.05, 0) is 80.2 Å². The normalized spacial score (nSPS) is 32.2. The van der Waals surface area contributed by atoms with Crippen molar-refractivity contribution in [3.8, 4) is 11.5 Å². The molecule has 2 saturated carbocycles. The van der Waals surface area contributed by atoms with Gasteiger partial charge in [-0.15, -0.1) is 0 Å². The summed E-state index contributed by atoms with van der Waals surface area (Å²) >= 11 is 0. The van der Waals surface area contributed by atoms with Gasteiger partial charge in [-0.3, -0.25) is 9.69 Å². The van der Waals surface area contributed by atoms with Crippen molar-refractivity contribution in [1.29, 1.82) is 0 Å². The zero-order valence-corrected chi connectivity index (χ0v) is 24.0. The van der Waals surface area contributed by atoms with E-state index in [0.717, 1.165) is 60.9 Å². The Kier molecular flexibility index (Phi) is 6.28. The number of methoxy groups -OCH3 is 1. The van der Waals surface area contributed by atoms with Crippen molar-refractivity contribution in [3.63, 3.8) is 0 Å². The fourth-order valence-corrected chi connectivity index (χ4v) is 8.53. The van der Waals surface area contributed by atoms with Crippen molar-refractivity contribution >= 4 is 12.0 Å². The second-order valence-electron chi connectivity index (χ2n) is 13.2. The summed E-state index contributed by atoms with van der Waals surface area (Å²) in [5.74, 6) is 2.61. The summed E-state index contributed by atoms with van der Waals surface area (Å²) < 4.78 is 12.8. The fraction of sp³-hybridized carbons (Fsp3) is 0.559. The van der Waals surface area contributed by atoms with E-state index in [1.165, 1.54) is 18.4 Å². The predicted octanol–water partition coefficient (Wildman–Crippen LogP) is 4.83. The highest BCUT2D eigenvalue weighted by molar-refractivity contribution is 5.92. The van der Waals surface area contributed by atoms with Gasteiger partial charge in [0.2, 0.25) is 5.91 Å². The molecule has 40 heavy (non-hydrogen) atoms. The van der Waals surface area contributed by atoms with Crippen LogP contribution >= 0.6 is 0 Å². The lowest BCUT2D eigenvalue weighted by atomic mass is 9.48. The molecule has 1 amide bonds. The Balaban J connectivity index is 1.30. The van der Waals surface area contributed by atoms with E-state index in [0.29, 0.717) is 18.9 Å². The maximum Gasteiger partial charge on any atom is 0.246 e. The summed E-state index contributed by atoms with van der Waals surface area (Å²) in [4.78, 5) is 18.5. The monoisotopic (exact) mass is 542 g/mol. The van der Waals surface area contributed by atoms with Crippen molar-refractivity contribution in [1.82, 2.24) is 9.80 Å². The zero-order valence-electron chi connectivity index (χ0n) is 24.0. The summed E-state index contributed by atoms with van der Waals surface area (Å²) in [6.07, 6.45) is 9.00. The lowest BCUT2D eigenvalue weighted by Gasteiger charge is -2.65. The maximum atomic E-state index is 13.9. The van der Waals surface area contributed by atoms with Crippen molar-refractivity contribution in [3.05, 3.63) is 65.2 Å². The van der Waals surface area contributed by atoms with Crippen LogP contribution < -0.4 is 9.47 Å². The summed E-state index contributed by atoms with van der Waals surface area (Å²) in [6.45, 7) is 7.01. The molecule has 5 atom stereocenters. The minimum Gasteiger partial charge on any atom is -0.493 e. The highest BCUT2D eigenvalue weighted by Crippen LogP contribution is 2.66. The molecular formula is C34H42N2O4. The van der Waals surface area contributed by atoms with Crippen molar-refractivity contribution in [2.45, 2.75) is 81.6 Å². The van der Waals surface area contributed by atoms with Gasteiger partial charge in [0.15, 0.2) is 11.5 Å². The molecule has 1 N–H and O–H groups in total. The van der Waals surface area contributed by atoms with E-state index in [4.69, 9.17) is 9.47 Å². The molecule has 2 aromatic rings. The van der Waals surface area contributed by atoms with Gasteiger partial charge in [0.05, 0.1) is 24.2 Å². The summed E-state index contributed by atoms with van der Waals surface area (Å²) in [5.41, 5.74) is 2.01. The molecule has 2 bridgehead atoms. The van der Waals surface area contributed by atoms with E-state index >= 15 is 0 Å². The minimum atomic E-state index is -0.891. The lowest BCUT2D eigenvalue weighted by Crippen LogP contribution is -2.78. The number of carbonyl (C=O) groups excluding carboxylic acids is 1. The lowest BCUT2D eigenvalue weighted by molar-refractivity contribution is -0.201. The van der Waals surface area contributed by atoms with Crippen LogP contribution in [0.15, 0.2) is 48.5 Å². The summed E-state index contributed by atoms with van der Waals surface area (Å²) in [5, 5.41) is 12.9. The number of likely N-dealkylation sites (tertiary alicyclic amines) is 1. The third-order valence-corrected chi connectivity index (χ3v) is 10.4. The van der Waals surface area contributed by atoms with Crippen LogP contribution in [0.1, 0.15) is 62.6 Å². The van der Waals surface area contributed by atoms with Gasteiger partial charge in [-0.25, -0.2) is 0 Å². The summed E-state index contributed by atoms with van der Waals surface area (Å²) in [7, 11) is 1.69. The number of rotatable bonds is 8. The average Bonchev–Trinajstić information content (AvgIpc) is 3.70. The first-order valence-corrected chi connectivity index (χ1v) is 15.2. The third-order valence-electron chi connectivity index (χ3n) is 10.4. The Morgan fingerprint density at radius 2 is 1.98 bits per heavy atom. The van der Waals surface area contributed by atoms with E-state index in [1.807, 2.05) is 47.4 Å². The average molecular weight is 543 g/mol. The Bertz CT molecular complexity index is 1320. The number of benzene rings is 2. The van der Waals surface area contributed by atoms with Crippen LogP contribution in [0.25, 0.3) is 6.08 Å². The molecule has 1 saturated heterocycles. The number of aliphatic hydroxyl groups is 1. The number of amides is 1. The second kappa shape index (κ2) is 9.63. The maximum absolute atomic E-state index is 13.9. The molecule has 6 heteroatoms. The molecule has 0 radical (unpaired) electrons. The third kappa shape index (κ3) is 3.86. The molecular weight excluding hydrogens is 500 g/mol. The smallest absolute Gasteiger partial charge is 0.246 e. The van der Waals surface area contributed by atoms with Gasteiger partial charge in [0, 0.05) is 30.8 Å². The van der Waals surface area contributed by atoms with Crippen molar-refractivity contribution in [2.75, 3.05) is 26.7 Å². The van der Waals surface area contributed by atoms with Crippen LogP contribution in [-0.4, -0.2) is 71.3 Å². The molecule has 1 spiro atoms. The number of ether oxygens (including phenoxy) is 2. The van der Waals surface area contributed by atoms with Gasteiger partial charge < -0.3 is 19.5 Å². The van der Waals surface area contributed by atoms with Crippen LogP contribution in [0.2, 0.25) is 0 Å². The number of nitrogens with zero attached hydrogens (tertiary/aromatic N) is 2. The van der Waals surface area contributed by atoms with E-state index in [-0.39, 0.29) is 24.1 Å². The van der Waals surface area contributed by atoms with Gasteiger partial charge in [0.25, 0.3) is 0 Å². The largest absolute Gasteiger partial charge is 0.493 e. The van der Waals surface area contributed by atoms with E-state index in [2.05, 4.69) is 24.8 Å². The van der Waals surface area contributed by atoms with Gasteiger partial charge in [-0.2, -0.15) is 0 Å². The van der Waals surface area contributed by atoms with Crippen molar-refractivity contribution < 1.29 is 19.4 Å². The molecule has 6 nitrogen and oxygen atoms in total. The van der Waals surface area contributed by atoms with Crippen LogP contribution in [-0.2, 0) is 16.6 Å². The molecule has 2 unspecified atom stereocenters. The predicted molar refractivity (Wildman–Crippen MR) is 155 cm³/mol. The van der Waals surface area contributed by atoms with Gasteiger partial charge >= 0.3 is 0 Å². The zero-order chi connectivity index (χ0) is 27.6. The Labute approximate surface area is 238 Å². The van der Waals surface area contributed by atoms with Crippen LogP contribution in [0.4, 0.5) is 0 Å². The molecule has 7 rings (SSSR count). The molecule has 5 aliphatic rings. The SMILES string of the molecule is COc1ccc2c3c1OC1C(N(CC(C)C)C(=O)/C=C/c4ccccc4)CC[C@@]4(O)[C@@H](C2)N(CC2CC2)CC[C@]314. The quantitative estimate of drug-likeness (QED) is 0.485.